The van der Waals surface area contributed by atoms with Crippen LogP contribution in [0, 0.1) is 0 Å². The summed E-state index contributed by atoms with van der Waals surface area (Å²) in [4.78, 5) is 21.9. The molecule has 0 radical (unpaired) electrons. The SMILES string of the molecule is O=c1ccc2c(Cl)ccc3c2n1Cc1nc2ccccc2nc1CO3. The van der Waals surface area contributed by atoms with Crippen molar-refractivity contribution in [2.24, 2.45) is 0 Å². The van der Waals surface area contributed by atoms with E-state index < -0.39 is 0 Å². The normalized spacial score (nSPS) is 13.2. The predicted octanol–water partition coefficient (Wildman–Crippen LogP) is 3.54. The van der Waals surface area contributed by atoms with Crippen LogP contribution in [0.4, 0.5) is 0 Å². The molecule has 0 bridgehead atoms. The third-order valence-corrected chi connectivity index (χ3v) is 4.78. The van der Waals surface area contributed by atoms with Crippen LogP contribution in [0.3, 0.4) is 0 Å². The van der Waals surface area contributed by atoms with E-state index in [1.165, 1.54) is 6.07 Å². The summed E-state index contributed by atoms with van der Waals surface area (Å²) in [5.41, 5.74) is 3.66. The molecule has 5 rings (SSSR count). The van der Waals surface area contributed by atoms with Gasteiger partial charge in [0.05, 0.1) is 33.8 Å². The smallest absolute Gasteiger partial charge is 0.251 e. The summed E-state index contributed by atoms with van der Waals surface area (Å²) in [6.07, 6.45) is 0. The molecule has 0 unspecified atom stereocenters. The van der Waals surface area contributed by atoms with Crippen LogP contribution in [-0.2, 0) is 13.2 Å². The minimum absolute atomic E-state index is 0.123. The largest absolute Gasteiger partial charge is 0.485 e. The molecule has 5 nitrogen and oxygen atoms in total. The zero-order chi connectivity index (χ0) is 17.0. The second kappa shape index (κ2) is 5.29. The van der Waals surface area contributed by atoms with E-state index in [-0.39, 0.29) is 5.56 Å². The lowest BCUT2D eigenvalue weighted by Gasteiger charge is -2.20. The van der Waals surface area contributed by atoms with Crippen LogP contribution in [0.5, 0.6) is 5.75 Å². The van der Waals surface area contributed by atoms with Gasteiger partial charge in [0.15, 0.2) is 0 Å². The Hall–Kier alpha value is -2.92. The molecule has 0 spiro atoms. The van der Waals surface area contributed by atoms with Gasteiger partial charge in [-0.15, -0.1) is 0 Å². The van der Waals surface area contributed by atoms with E-state index in [1.807, 2.05) is 24.3 Å². The molecule has 2 aromatic carbocycles. The molecule has 0 atom stereocenters. The summed E-state index contributed by atoms with van der Waals surface area (Å²) in [6.45, 7) is 0.632. The van der Waals surface area contributed by atoms with Crippen molar-refractivity contribution < 1.29 is 4.74 Å². The minimum Gasteiger partial charge on any atom is -0.485 e. The van der Waals surface area contributed by atoms with Crippen molar-refractivity contribution in [1.29, 1.82) is 0 Å². The summed E-state index contributed by atoms with van der Waals surface area (Å²) in [5, 5.41) is 1.37. The number of fused-ring (bicyclic) bond motifs is 2. The van der Waals surface area contributed by atoms with E-state index in [4.69, 9.17) is 21.3 Å². The lowest BCUT2D eigenvalue weighted by Crippen LogP contribution is -2.24. The molecule has 0 saturated heterocycles. The van der Waals surface area contributed by atoms with Gasteiger partial charge in [0.25, 0.3) is 5.56 Å². The molecule has 4 aromatic rings. The molecule has 6 heteroatoms. The fourth-order valence-electron chi connectivity index (χ4n) is 3.24. The molecule has 0 fully saturated rings. The van der Waals surface area contributed by atoms with E-state index in [0.717, 1.165) is 27.8 Å². The molecule has 25 heavy (non-hydrogen) atoms. The summed E-state index contributed by atoms with van der Waals surface area (Å²) in [6, 6.07) is 14.5. The number of hydrogen-bond donors (Lipinski definition) is 0. The van der Waals surface area contributed by atoms with Gasteiger partial charge in [-0.25, -0.2) is 9.97 Å². The Balaban J connectivity index is 1.83. The van der Waals surface area contributed by atoms with Gasteiger partial charge in [0, 0.05) is 11.5 Å². The summed E-state index contributed by atoms with van der Waals surface area (Å²) in [7, 11) is 0. The molecule has 2 aromatic heterocycles. The van der Waals surface area contributed by atoms with Crippen molar-refractivity contribution >= 4 is 33.5 Å². The maximum atomic E-state index is 12.5. The summed E-state index contributed by atoms with van der Waals surface area (Å²) in [5.74, 6) is 0.623. The zero-order valence-corrected chi connectivity index (χ0v) is 13.8. The molecule has 0 saturated carbocycles. The summed E-state index contributed by atoms with van der Waals surface area (Å²) >= 11 is 6.31. The summed E-state index contributed by atoms with van der Waals surface area (Å²) < 4.78 is 7.62. The zero-order valence-electron chi connectivity index (χ0n) is 13.1. The molecule has 3 heterocycles. The molecule has 0 N–H and O–H groups in total. The molecular formula is C19H12ClN3O2. The Labute approximate surface area is 147 Å². The molecule has 0 aliphatic carbocycles. The Kier molecular flexibility index (Phi) is 3.05. The number of hydrogen-bond acceptors (Lipinski definition) is 4. The lowest BCUT2D eigenvalue weighted by molar-refractivity contribution is 0.298. The number of halogens is 1. The van der Waals surface area contributed by atoms with Gasteiger partial charge in [0.1, 0.15) is 18.1 Å². The maximum Gasteiger partial charge on any atom is 0.251 e. The van der Waals surface area contributed by atoms with E-state index in [1.54, 1.807) is 22.8 Å². The molecule has 0 amide bonds. The highest BCUT2D eigenvalue weighted by molar-refractivity contribution is 6.35. The van der Waals surface area contributed by atoms with Crippen molar-refractivity contribution in [3.05, 3.63) is 75.3 Å². The first-order valence-electron chi connectivity index (χ1n) is 7.90. The van der Waals surface area contributed by atoms with Crippen molar-refractivity contribution in [2.45, 2.75) is 13.2 Å². The maximum absolute atomic E-state index is 12.5. The second-order valence-electron chi connectivity index (χ2n) is 5.96. The van der Waals surface area contributed by atoms with Crippen LogP contribution >= 0.6 is 11.6 Å². The van der Waals surface area contributed by atoms with Gasteiger partial charge in [0.2, 0.25) is 0 Å². The number of rotatable bonds is 0. The van der Waals surface area contributed by atoms with Gasteiger partial charge >= 0.3 is 0 Å². The first-order valence-corrected chi connectivity index (χ1v) is 8.28. The van der Waals surface area contributed by atoms with Crippen LogP contribution in [0.25, 0.3) is 21.9 Å². The fraction of sp³-hybridized carbons (Fsp3) is 0.105. The quantitative estimate of drug-likeness (QED) is 0.487. The van der Waals surface area contributed by atoms with Crippen LogP contribution in [0.15, 0.2) is 53.3 Å². The highest BCUT2D eigenvalue weighted by Gasteiger charge is 2.19. The van der Waals surface area contributed by atoms with E-state index in [2.05, 4.69) is 4.98 Å². The Morgan fingerprint density at radius 3 is 2.52 bits per heavy atom. The van der Waals surface area contributed by atoms with Gasteiger partial charge in [-0.1, -0.05) is 23.7 Å². The van der Waals surface area contributed by atoms with Crippen molar-refractivity contribution in [1.82, 2.24) is 14.5 Å². The number of para-hydroxylation sites is 2. The number of aromatic nitrogens is 3. The van der Waals surface area contributed by atoms with Gasteiger partial charge < -0.3 is 4.74 Å². The predicted molar refractivity (Wildman–Crippen MR) is 96.2 cm³/mol. The number of benzene rings is 2. The average Bonchev–Trinajstić information content (AvgIpc) is 2.61. The molecule has 1 aliphatic heterocycles. The van der Waals surface area contributed by atoms with Crippen molar-refractivity contribution in [3.8, 4) is 5.75 Å². The molecular weight excluding hydrogens is 338 g/mol. The molecule has 1 aliphatic rings. The average molecular weight is 350 g/mol. The number of ether oxygens (including phenoxy) is 1. The first-order chi connectivity index (χ1) is 12.2. The van der Waals surface area contributed by atoms with Crippen molar-refractivity contribution in [2.75, 3.05) is 0 Å². The third-order valence-electron chi connectivity index (χ3n) is 4.45. The minimum atomic E-state index is -0.123. The van der Waals surface area contributed by atoms with E-state index in [0.29, 0.717) is 29.4 Å². The van der Waals surface area contributed by atoms with Crippen LogP contribution < -0.4 is 10.3 Å². The molecule has 122 valence electrons. The lowest BCUT2D eigenvalue weighted by atomic mass is 10.1. The van der Waals surface area contributed by atoms with E-state index in [9.17, 15) is 4.79 Å². The van der Waals surface area contributed by atoms with Gasteiger partial charge in [-0.05, 0) is 30.3 Å². The van der Waals surface area contributed by atoms with Crippen LogP contribution in [0.2, 0.25) is 5.02 Å². The number of pyridine rings is 1. The van der Waals surface area contributed by atoms with E-state index >= 15 is 0 Å². The Morgan fingerprint density at radius 1 is 0.960 bits per heavy atom. The number of nitrogens with zero attached hydrogens (tertiary/aromatic N) is 3. The highest BCUT2D eigenvalue weighted by atomic mass is 35.5. The van der Waals surface area contributed by atoms with Crippen LogP contribution in [0.1, 0.15) is 11.4 Å². The second-order valence-corrected chi connectivity index (χ2v) is 6.37. The van der Waals surface area contributed by atoms with Crippen molar-refractivity contribution in [3.63, 3.8) is 0 Å². The standard InChI is InChI=1S/C19H12ClN3O2/c20-12-6-7-17-19-11(12)5-8-18(24)23(19)9-15-16(10-25-17)22-14-4-2-1-3-13(14)21-15/h1-8H,9-10H2. The van der Waals surface area contributed by atoms with Gasteiger partial charge in [-0.2, -0.15) is 0 Å². The monoisotopic (exact) mass is 349 g/mol. The topological polar surface area (TPSA) is 57.0 Å². The highest BCUT2D eigenvalue weighted by Crippen LogP contribution is 2.32. The first kappa shape index (κ1) is 14.4. The Morgan fingerprint density at radius 2 is 1.72 bits per heavy atom. The van der Waals surface area contributed by atoms with Gasteiger partial charge in [-0.3, -0.25) is 9.36 Å². The van der Waals surface area contributed by atoms with Crippen LogP contribution in [-0.4, -0.2) is 14.5 Å². The fourth-order valence-corrected chi connectivity index (χ4v) is 3.46. The Bertz CT molecular complexity index is 1220. The third kappa shape index (κ3) is 2.20.